The van der Waals surface area contributed by atoms with Crippen molar-refractivity contribution in [3.05, 3.63) is 17.5 Å². The minimum Gasteiger partial charge on any atom is -0.462 e. The molecule has 1 rings (SSSR count). The fourth-order valence-electron chi connectivity index (χ4n) is 1.16. The summed E-state index contributed by atoms with van der Waals surface area (Å²) < 4.78 is 43.1. The minimum atomic E-state index is -4.72. The molecule has 0 radical (unpaired) electrons. The molecule has 0 saturated heterocycles. The maximum Gasteiger partial charge on any atom is 0.436 e. The van der Waals surface area contributed by atoms with E-state index in [-0.39, 0.29) is 13.2 Å². The summed E-state index contributed by atoms with van der Waals surface area (Å²) in [5.74, 6) is 1.06. The van der Waals surface area contributed by atoms with Gasteiger partial charge in [-0.3, -0.25) is 4.68 Å². The number of ether oxygens (including phenoxy) is 1. The van der Waals surface area contributed by atoms with Crippen molar-refractivity contribution in [3.63, 3.8) is 0 Å². The van der Waals surface area contributed by atoms with Gasteiger partial charge in [-0.1, -0.05) is 5.92 Å². The Morgan fingerprint density at radius 2 is 2.29 bits per heavy atom. The molecule has 0 fully saturated rings. The standard InChI is InChI=1S/C10H9F3N2O2/c1-3-5-15-6-7(9(16)17-4-2)8(14-15)10(11,12)13/h1,6H,4-5H2,2H3. The van der Waals surface area contributed by atoms with Crippen molar-refractivity contribution >= 4 is 5.97 Å². The van der Waals surface area contributed by atoms with E-state index in [2.05, 4.69) is 15.8 Å². The topological polar surface area (TPSA) is 44.1 Å². The van der Waals surface area contributed by atoms with Crippen LogP contribution < -0.4 is 0 Å². The van der Waals surface area contributed by atoms with Crippen molar-refractivity contribution in [2.45, 2.75) is 19.6 Å². The van der Waals surface area contributed by atoms with Gasteiger partial charge in [-0.25, -0.2) is 4.79 Å². The van der Waals surface area contributed by atoms with Gasteiger partial charge >= 0.3 is 12.1 Å². The van der Waals surface area contributed by atoms with Crippen molar-refractivity contribution in [2.24, 2.45) is 0 Å². The number of aromatic nitrogens is 2. The van der Waals surface area contributed by atoms with Gasteiger partial charge in [0.25, 0.3) is 0 Å². The Kier molecular flexibility index (Phi) is 3.78. The van der Waals surface area contributed by atoms with Crippen LogP contribution in [0.3, 0.4) is 0 Å². The zero-order valence-corrected chi connectivity index (χ0v) is 8.91. The zero-order valence-electron chi connectivity index (χ0n) is 8.91. The van der Waals surface area contributed by atoms with Gasteiger partial charge < -0.3 is 4.74 Å². The lowest BCUT2D eigenvalue weighted by molar-refractivity contribution is -0.142. The molecule has 1 aromatic heterocycles. The second-order valence-electron chi connectivity index (χ2n) is 3.01. The molecular formula is C10H9F3N2O2. The number of carbonyl (C=O) groups is 1. The Hall–Kier alpha value is -1.97. The van der Waals surface area contributed by atoms with Crippen LogP contribution in [0.2, 0.25) is 0 Å². The maximum absolute atomic E-state index is 12.6. The van der Waals surface area contributed by atoms with E-state index >= 15 is 0 Å². The van der Waals surface area contributed by atoms with Crippen molar-refractivity contribution in [1.82, 2.24) is 9.78 Å². The van der Waals surface area contributed by atoms with Crippen LogP contribution >= 0.6 is 0 Å². The summed E-state index contributed by atoms with van der Waals surface area (Å²) in [6.07, 6.45) is 1.17. The molecule has 0 amide bonds. The van der Waals surface area contributed by atoms with E-state index in [0.29, 0.717) is 0 Å². The summed E-state index contributed by atoms with van der Waals surface area (Å²) in [6.45, 7) is 1.33. The lowest BCUT2D eigenvalue weighted by atomic mass is 10.2. The van der Waals surface area contributed by atoms with Gasteiger partial charge in [0.2, 0.25) is 0 Å². The van der Waals surface area contributed by atoms with Crippen LogP contribution in [-0.4, -0.2) is 22.4 Å². The van der Waals surface area contributed by atoms with Crippen LogP contribution in [-0.2, 0) is 17.5 Å². The van der Waals surface area contributed by atoms with Crippen LogP contribution in [0.25, 0.3) is 0 Å². The molecule has 1 heterocycles. The monoisotopic (exact) mass is 246 g/mol. The van der Waals surface area contributed by atoms with E-state index in [1.165, 1.54) is 6.92 Å². The third-order valence-corrected chi connectivity index (χ3v) is 1.78. The highest BCUT2D eigenvalue weighted by Gasteiger charge is 2.39. The molecule has 0 aliphatic carbocycles. The molecule has 4 nitrogen and oxygen atoms in total. The molecule has 1 aromatic rings. The molecule has 0 saturated carbocycles. The quantitative estimate of drug-likeness (QED) is 0.602. The number of nitrogens with zero attached hydrogens (tertiary/aromatic N) is 2. The van der Waals surface area contributed by atoms with E-state index in [4.69, 9.17) is 6.42 Å². The SMILES string of the molecule is C#CCn1cc(C(=O)OCC)c(C(F)(F)F)n1. The number of alkyl halides is 3. The Balaban J connectivity index is 3.18. The third-order valence-electron chi connectivity index (χ3n) is 1.78. The molecular weight excluding hydrogens is 237 g/mol. The van der Waals surface area contributed by atoms with Crippen molar-refractivity contribution in [1.29, 1.82) is 0 Å². The van der Waals surface area contributed by atoms with Crippen LogP contribution in [0.15, 0.2) is 6.20 Å². The predicted octanol–water partition coefficient (Wildman–Crippen LogP) is 1.71. The zero-order chi connectivity index (χ0) is 13.1. The summed E-state index contributed by atoms with van der Waals surface area (Å²) in [7, 11) is 0. The molecule has 7 heteroatoms. The average Bonchev–Trinajstić information content (AvgIpc) is 2.62. The van der Waals surface area contributed by atoms with Crippen LogP contribution in [0.5, 0.6) is 0 Å². The van der Waals surface area contributed by atoms with Crippen LogP contribution in [0.1, 0.15) is 23.0 Å². The van der Waals surface area contributed by atoms with Crippen molar-refractivity contribution in [2.75, 3.05) is 6.61 Å². The fraction of sp³-hybridized carbons (Fsp3) is 0.400. The number of carbonyl (C=O) groups excluding carboxylic acids is 1. The third kappa shape index (κ3) is 3.00. The summed E-state index contributed by atoms with van der Waals surface area (Å²) in [5.41, 5.74) is -1.92. The van der Waals surface area contributed by atoms with Gasteiger partial charge in [-0.15, -0.1) is 6.42 Å². The van der Waals surface area contributed by atoms with Crippen LogP contribution in [0.4, 0.5) is 13.2 Å². The highest BCUT2D eigenvalue weighted by molar-refractivity contribution is 5.90. The molecule has 0 bridgehead atoms. The Morgan fingerprint density at radius 1 is 1.65 bits per heavy atom. The Morgan fingerprint density at radius 3 is 2.76 bits per heavy atom. The first-order valence-corrected chi connectivity index (χ1v) is 4.65. The second kappa shape index (κ2) is 4.91. The first kappa shape index (κ1) is 13.1. The van der Waals surface area contributed by atoms with E-state index in [9.17, 15) is 18.0 Å². The van der Waals surface area contributed by atoms with Gasteiger partial charge in [0.1, 0.15) is 12.1 Å². The Bertz CT molecular complexity index is 457. The number of halogens is 3. The molecule has 0 atom stereocenters. The van der Waals surface area contributed by atoms with E-state index in [0.717, 1.165) is 10.9 Å². The largest absolute Gasteiger partial charge is 0.462 e. The second-order valence-corrected chi connectivity index (χ2v) is 3.01. The molecule has 0 aromatic carbocycles. The molecule has 92 valence electrons. The lowest BCUT2D eigenvalue weighted by Crippen LogP contribution is -2.14. The average molecular weight is 246 g/mol. The van der Waals surface area contributed by atoms with Gasteiger partial charge in [0, 0.05) is 6.20 Å². The van der Waals surface area contributed by atoms with Crippen molar-refractivity contribution < 1.29 is 22.7 Å². The molecule has 0 aliphatic rings. The number of hydrogen-bond donors (Lipinski definition) is 0. The molecule has 0 aliphatic heterocycles. The summed E-state index contributed by atoms with van der Waals surface area (Å²) in [5, 5.41) is 3.22. The summed E-state index contributed by atoms with van der Waals surface area (Å²) in [4.78, 5) is 11.3. The maximum atomic E-state index is 12.6. The van der Waals surface area contributed by atoms with Gasteiger partial charge in [-0.05, 0) is 6.92 Å². The van der Waals surface area contributed by atoms with E-state index in [1.807, 2.05) is 0 Å². The number of terminal acetylenes is 1. The fourth-order valence-corrected chi connectivity index (χ4v) is 1.16. The molecule has 0 spiro atoms. The lowest BCUT2D eigenvalue weighted by Gasteiger charge is -2.04. The number of hydrogen-bond acceptors (Lipinski definition) is 3. The molecule has 0 unspecified atom stereocenters. The first-order valence-electron chi connectivity index (χ1n) is 4.65. The number of rotatable bonds is 3. The minimum absolute atomic E-state index is 0.0174. The number of esters is 1. The summed E-state index contributed by atoms with van der Waals surface area (Å²) >= 11 is 0. The van der Waals surface area contributed by atoms with Gasteiger partial charge in [0.15, 0.2) is 5.69 Å². The van der Waals surface area contributed by atoms with E-state index < -0.39 is 23.4 Å². The highest BCUT2D eigenvalue weighted by atomic mass is 19.4. The normalized spacial score (nSPS) is 11.0. The van der Waals surface area contributed by atoms with Crippen molar-refractivity contribution in [3.8, 4) is 12.3 Å². The van der Waals surface area contributed by atoms with Crippen LogP contribution in [0, 0.1) is 12.3 Å². The van der Waals surface area contributed by atoms with Gasteiger partial charge in [-0.2, -0.15) is 18.3 Å². The molecule has 17 heavy (non-hydrogen) atoms. The first-order chi connectivity index (χ1) is 7.90. The van der Waals surface area contributed by atoms with E-state index in [1.54, 1.807) is 0 Å². The Labute approximate surface area is 95.4 Å². The predicted molar refractivity (Wildman–Crippen MR) is 52.0 cm³/mol. The molecule has 0 N–H and O–H groups in total. The smallest absolute Gasteiger partial charge is 0.436 e. The van der Waals surface area contributed by atoms with Gasteiger partial charge in [0.05, 0.1) is 6.61 Å². The summed E-state index contributed by atoms with van der Waals surface area (Å²) in [6, 6.07) is 0. The highest BCUT2D eigenvalue weighted by Crippen LogP contribution is 2.30.